The summed E-state index contributed by atoms with van der Waals surface area (Å²) < 4.78 is 28.3. The van der Waals surface area contributed by atoms with Crippen LogP contribution in [-0.2, 0) is 21.4 Å². The number of benzene rings is 1. The summed E-state index contributed by atoms with van der Waals surface area (Å²) in [7, 11) is -2.83. The second kappa shape index (κ2) is 4.90. The standard InChI is InChI=1S/C9H11NO4S/c1-10-15(12,13)9(11)14-7-8-5-3-2-4-6-8/h2-6,10H,7H2,1H3. The van der Waals surface area contributed by atoms with Crippen molar-refractivity contribution in [3.8, 4) is 0 Å². The fourth-order valence-corrected chi connectivity index (χ4v) is 1.26. The molecule has 0 fully saturated rings. The molecule has 0 aliphatic rings. The molecule has 0 bridgehead atoms. The van der Waals surface area contributed by atoms with Crippen molar-refractivity contribution in [1.82, 2.24) is 4.72 Å². The van der Waals surface area contributed by atoms with Gasteiger partial charge in [-0.25, -0.2) is 17.9 Å². The fraction of sp³-hybridized carbons (Fsp3) is 0.222. The van der Waals surface area contributed by atoms with Gasteiger partial charge in [-0.2, -0.15) is 0 Å². The summed E-state index contributed by atoms with van der Waals surface area (Å²) in [6.07, 6.45) is 0. The predicted molar refractivity (Wildman–Crippen MR) is 54.6 cm³/mol. The number of carbonyl (C=O) groups is 1. The maximum atomic E-state index is 11.0. The van der Waals surface area contributed by atoms with Gasteiger partial charge in [0, 0.05) is 0 Å². The van der Waals surface area contributed by atoms with E-state index in [2.05, 4.69) is 4.74 Å². The van der Waals surface area contributed by atoms with Crippen molar-refractivity contribution in [3.05, 3.63) is 35.9 Å². The van der Waals surface area contributed by atoms with Crippen LogP contribution in [0, 0.1) is 0 Å². The van der Waals surface area contributed by atoms with E-state index in [0.29, 0.717) is 0 Å². The first-order valence-corrected chi connectivity index (χ1v) is 5.69. The first kappa shape index (κ1) is 11.7. The third kappa shape index (κ3) is 3.34. The second-order valence-corrected chi connectivity index (χ2v) is 4.48. The Bertz CT molecular complexity index is 427. The van der Waals surface area contributed by atoms with E-state index in [1.165, 1.54) is 0 Å². The lowest BCUT2D eigenvalue weighted by molar-refractivity contribution is 0.165. The Kier molecular flexibility index (Phi) is 3.81. The second-order valence-electron chi connectivity index (χ2n) is 2.73. The van der Waals surface area contributed by atoms with Gasteiger partial charge in [0.05, 0.1) is 0 Å². The fourth-order valence-electron chi connectivity index (χ4n) is 0.877. The molecule has 0 aliphatic heterocycles. The Balaban J connectivity index is 2.56. The quantitative estimate of drug-likeness (QED) is 0.781. The molecule has 1 aromatic rings. The Morgan fingerprint density at radius 2 is 1.93 bits per heavy atom. The number of rotatable bonds is 3. The normalized spacial score (nSPS) is 11.0. The third-order valence-corrected chi connectivity index (χ3v) is 2.78. The van der Waals surface area contributed by atoms with Crippen molar-refractivity contribution in [2.45, 2.75) is 6.61 Å². The molecule has 0 radical (unpaired) electrons. The monoisotopic (exact) mass is 229 g/mol. The van der Waals surface area contributed by atoms with Gasteiger partial charge in [-0.3, -0.25) is 0 Å². The minimum absolute atomic E-state index is 0.0550. The predicted octanol–water partition coefficient (Wildman–Crippen LogP) is 0.872. The highest BCUT2D eigenvalue weighted by atomic mass is 32.2. The van der Waals surface area contributed by atoms with Gasteiger partial charge in [0.2, 0.25) is 0 Å². The minimum Gasteiger partial charge on any atom is -0.448 e. The number of hydrogen-bond acceptors (Lipinski definition) is 4. The van der Waals surface area contributed by atoms with Crippen LogP contribution in [0.1, 0.15) is 5.56 Å². The molecular weight excluding hydrogens is 218 g/mol. The van der Waals surface area contributed by atoms with Gasteiger partial charge in [0.1, 0.15) is 6.61 Å². The van der Waals surface area contributed by atoms with Crippen molar-refractivity contribution < 1.29 is 17.9 Å². The molecule has 0 saturated carbocycles. The Morgan fingerprint density at radius 3 is 2.47 bits per heavy atom. The summed E-state index contributed by atoms with van der Waals surface area (Å²) in [4.78, 5) is 11.0. The molecule has 5 nitrogen and oxygen atoms in total. The van der Waals surface area contributed by atoms with Crippen LogP contribution in [-0.4, -0.2) is 20.8 Å². The Labute approximate surface area is 88.1 Å². The largest absolute Gasteiger partial charge is 0.448 e. The number of sulfonamides is 1. The van der Waals surface area contributed by atoms with Gasteiger partial charge in [-0.05, 0) is 12.6 Å². The van der Waals surface area contributed by atoms with Crippen molar-refractivity contribution in [3.63, 3.8) is 0 Å². The van der Waals surface area contributed by atoms with E-state index >= 15 is 0 Å². The zero-order valence-electron chi connectivity index (χ0n) is 8.14. The molecule has 1 N–H and O–H groups in total. The van der Waals surface area contributed by atoms with E-state index in [1.54, 1.807) is 24.3 Å². The molecule has 82 valence electrons. The van der Waals surface area contributed by atoms with Crippen LogP contribution in [0.15, 0.2) is 30.3 Å². The molecule has 0 unspecified atom stereocenters. The number of hydrogen-bond donors (Lipinski definition) is 1. The molecule has 0 spiro atoms. The summed E-state index contributed by atoms with van der Waals surface area (Å²) >= 11 is 0. The first-order valence-electron chi connectivity index (χ1n) is 4.20. The van der Waals surface area contributed by atoms with Crippen molar-refractivity contribution >= 4 is 15.3 Å². The molecule has 6 heteroatoms. The molecule has 0 atom stereocenters. The van der Waals surface area contributed by atoms with Crippen molar-refractivity contribution in [2.24, 2.45) is 0 Å². The highest BCUT2D eigenvalue weighted by Gasteiger charge is 2.21. The van der Waals surface area contributed by atoms with E-state index in [-0.39, 0.29) is 6.61 Å². The molecule has 0 saturated heterocycles. The average molecular weight is 229 g/mol. The summed E-state index contributed by atoms with van der Waals surface area (Å²) in [5.41, 5.74) is 0.733. The third-order valence-electron chi connectivity index (χ3n) is 1.69. The number of ether oxygens (including phenoxy) is 1. The molecule has 0 amide bonds. The lowest BCUT2D eigenvalue weighted by atomic mass is 10.2. The highest BCUT2D eigenvalue weighted by Crippen LogP contribution is 2.02. The summed E-state index contributed by atoms with van der Waals surface area (Å²) in [6, 6.07) is 8.83. The zero-order valence-corrected chi connectivity index (χ0v) is 8.95. The van der Waals surface area contributed by atoms with Crippen LogP contribution in [0.4, 0.5) is 4.79 Å². The van der Waals surface area contributed by atoms with Gasteiger partial charge < -0.3 is 4.74 Å². The van der Waals surface area contributed by atoms with Crippen molar-refractivity contribution in [1.29, 1.82) is 0 Å². The van der Waals surface area contributed by atoms with E-state index in [4.69, 9.17) is 0 Å². The van der Waals surface area contributed by atoms with Gasteiger partial charge in [-0.1, -0.05) is 30.3 Å². The zero-order chi connectivity index (χ0) is 11.3. The average Bonchev–Trinajstić information content (AvgIpc) is 2.27. The van der Waals surface area contributed by atoms with Crippen molar-refractivity contribution in [2.75, 3.05) is 7.05 Å². The number of carbonyl (C=O) groups excluding carboxylic acids is 1. The molecule has 0 aromatic heterocycles. The number of nitrogens with one attached hydrogen (secondary N) is 1. The van der Waals surface area contributed by atoms with Crippen LogP contribution in [0.3, 0.4) is 0 Å². The summed E-state index contributed by atoms with van der Waals surface area (Å²) in [5.74, 6) is 0. The van der Waals surface area contributed by atoms with E-state index in [9.17, 15) is 13.2 Å². The van der Waals surface area contributed by atoms with Gasteiger partial charge >= 0.3 is 15.3 Å². The smallest absolute Gasteiger partial charge is 0.440 e. The van der Waals surface area contributed by atoms with E-state index < -0.39 is 15.3 Å². The van der Waals surface area contributed by atoms with Crippen LogP contribution in [0.2, 0.25) is 0 Å². The topological polar surface area (TPSA) is 72.5 Å². The van der Waals surface area contributed by atoms with Crippen LogP contribution >= 0.6 is 0 Å². The van der Waals surface area contributed by atoms with Gasteiger partial charge in [0.15, 0.2) is 0 Å². The van der Waals surface area contributed by atoms with E-state index in [1.807, 2.05) is 10.8 Å². The lowest BCUT2D eigenvalue weighted by Crippen LogP contribution is -2.28. The van der Waals surface area contributed by atoms with Crippen LogP contribution in [0.25, 0.3) is 0 Å². The maximum Gasteiger partial charge on any atom is 0.440 e. The molecular formula is C9H11NO4S. The lowest BCUT2D eigenvalue weighted by Gasteiger charge is -2.04. The molecule has 0 aliphatic carbocycles. The maximum absolute atomic E-state index is 11.0. The summed E-state index contributed by atoms with van der Waals surface area (Å²) in [6.45, 7) is -0.0550. The minimum atomic E-state index is -3.98. The Morgan fingerprint density at radius 1 is 1.33 bits per heavy atom. The Hall–Kier alpha value is -1.40. The highest BCUT2D eigenvalue weighted by molar-refractivity contribution is 8.04. The van der Waals surface area contributed by atoms with Crippen LogP contribution in [0.5, 0.6) is 0 Å². The molecule has 15 heavy (non-hydrogen) atoms. The summed E-state index contributed by atoms with van der Waals surface area (Å²) in [5, 5.41) is -1.27. The molecule has 1 aromatic carbocycles. The van der Waals surface area contributed by atoms with Crippen LogP contribution < -0.4 is 4.72 Å². The SMILES string of the molecule is CNS(=O)(=O)C(=O)OCc1ccccc1. The molecule has 1 rings (SSSR count). The molecule has 0 heterocycles. The van der Waals surface area contributed by atoms with Gasteiger partial charge in [-0.15, -0.1) is 0 Å². The van der Waals surface area contributed by atoms with E-state index in [0.717, 1.165) is 12.6 Å². The van der Waals surface area contributed by atoms with Gasteiger partial charge in [0.25, 0.3) is 0 Å². The first-order chi connectivity index (χ1) is 7.06.